The highest BCUT2D eigenvalue weighted by Crippen LogP contribution is 2.32. The van der Waals surface area contributed by atoms with E-state index in [9.17, 15) is 9.59 Å². The van der Waals surface area contributed by atoms with Gasteiger partial charge in [-0.05, 0) is 44.5 Å². The molecule has 184 valence electrons. The molecule has 0 saturated heterocycles. The van der Waals surface area contributed by atoms with Gasteiger partial charge in [-0.25, -0.2) is 15.0 Å². The minimum absolute atomic E-state index is 0.128. The number of amidine groups is 1. The van der Waals surface area contributed by atoms with Crippen LogP contribution in [0.15, 0.2) is 57.2 Å². The maximum Gasteiger partial charge on any atom is 0.320 e. The molecule has 0 radical (unpaired) electrons. The molecule has 0 saturated carbocycles. The van der Waals surface area contributed by atoms with Crippen LogP contribution in [0.1, 0.15) is 35.3 Å². The highest BCUT2D eigenvalue weighted by molar-refractivity contribution is 6.29. The van der Waals surface area contributed by atoms with Gasteiger partial charge in [0.25, 0.3) is 0 Å². The largest absolute Gasteiger partial charge is 0.455 e. The molecule has 0 aliphatic rings. The second-order valence-corrected chi connectivity index (χ2v) is 8.42. The number of carbonyl (C=O) groups is 1. The van der Waals surface area contributed by atoms with E-state index < -0.39 is 0 Å². The van der Waals surface area contributed by atoms with Crippen molar-refractivity contribution >= 4 is 40.6 Å². The third kappa shape index (κ3) is 4.89. The van der Waals surface area contributed by atoms with Crippen molar-refractivity contribution in [3.63, 3.8) is 0 Å². The molecule has 1 unspecified atom stereocenters. The number of hydrogen-bond acceptors (Lipinski definition) is 9. The minimum atomic E-state index is -0.343. The fraction of sp³-hybridized carbons (Fsp3) is 0.200. The van der Waals surface area contributed by atoms with E-state index in [0.29, 0.717) is 39.2 Å². The summed E-state index contributed by atoms with van der Waals surface area (Å²) in [4.78, 5) is 45.2. The predicted molar refractivity (Wildman–Crippen MR) is 137 cm³/mol. The minimum Gasteiger partial charge on any atom is -0.455 e. The van der Waals surface area contributed by atoms with E-state index in [-0.39, 0.29) is 28.9 Å². The zero-order valence-electron chi connectivity index (χ0n) is 20.0. The zero-order valence-corrected chi connectivity index (χ0v) is 20.8. The summed E-state index contributed by atoms with van der Waals surface area (Å²) in [6, 6.07) is 6.78. The second kappa shape index (κ2) is 10.5. The normalized spacial score (nSPS) is 12.3. The molecule has 0 fully saturated rings. The number of carbonyl (C=O) groups excluding carboxylic acids is 1. The second-order valence-electron chi connectivity index (χ2n) is 8.03. The number of nitrogens with one attached hydrogen (secondary N) is 2. The number of aromatic nitrogens is 3. The molecule has 0 aliphatic heterocycles. The molecule has 10 nitrogen and oxygen atoms in total. The van der Waals surface area contributed by atoms with Crippen LogP contribution >= 0.6 is 11.6 Å². The number of nitrogens with zero attached hydrogens (tertiary/aromatic N) is 4. The standard InChI is InChI=1S/C25H23ClN6O4/c1-13-7-17(15(3)30-19-5-6-20(26)31-21(19)25(27-4)32-35-12-33)24-18(8-13)22(34)14(2)23(36-24)16-9-28-11-29-10-16/h5-12,15,30H,1-4H3,(H,27,32). The first-order valence-electron chi connectivity index (χ1n) is 10.9. The summed E-state index contributed by atoms with van der Waals surface area (Å²) in [5.41, 5.74) is 6.42. The summed E-state index contributed by atoms with van der Waals surface area (Å²) >= 11 is 6.12. The smallest absolute Gasteiger partial charge is 0.320 e. The van der Waals surface area contributed by atoms with Crippen molar-refractivity contribution in [3.8, 4) is 11.3 Å². The Balaban J connectivity index is 1.83. The molecule has 0 amide bonds. The number of rotatable bonds is 7. The third-order valence-corrected chi connectivity index (χ3v) is 5.78. The van der Waals surface area contributed by atoms with Crippen LogP contribution < -0.4 is 16.2 Å². The zero-order chi connectivity index (χ0) is 25.8. The van der Waals surface area contributed by atoms with E-state index in [4.69, 9.17) is 16.0 Å². The number of aliphatic imine (C=N–C) groups is 1. The van der Waals surface area contributed by atoms with E-state index in [1.807, 2.05) is 26.0 Å². The SMILES string of the molecule is CN=C(NOC=O)c1nc(Cl)ccc1NC(C)c1cc(C)cc2c(=O)c(C)c(-c3cncnc3)oc12. The Bertz CT molecular complexity index is 1520. The lowest BCUT2D eigenvalue weighted by molar-refractivity contribution is -0.132. The van der Waals surface area contributed by atoms with Crippen molar-refractivity contribution in [1.82, 2.24) is 20.4 Å². The molecule has 11 heteroatoms. The molecular formula is C25H23ClN6O4. The molecule has 3 heterocycles. The number of anilines is 1. The molecule has 1 atom stereocenters. The van der Waals surface area contributed by atoms with Gasteiger partial charge < -0.3 is 14.6 Å². The first-order chi connectivity index (χ1) is 17.3. The summed E-state index contributed by atoms with van der Waals surface area (Å²) < 4.78 is 6.32. The van der Waals surface area contributed by atoms with Crippen LogP contribution in [-0.2, 0) is 9.63 Å². The predicted octanol–water partition coefficient (Wildman–Crippen LogP) is 4.14. The van der Waals surface area contributed by atoms with Crippen LogP contribution in [0.3, 0.4) is 0 Å². The monoisotopic (exact) mass is 506 g/mol. The van der Waals surface area contributed by atoms with E-state index in [0.717, 1.165) is 11.1 Å². The fourth-order valence-electron chi connectivity index (χ4n) is 3.90. The van der Waals surface area contributed by atoms with E-state index >= 15 is 0 Å². The third-order valence-electron chi connectivity index (χ3n) is 5.57. The fourth-order valence-corrected chi connectivity index (χ4v) is 4.05. The lowest BCUT2D eigenvalue weighted by Crippen LogP contribution is -2.27. The van der Waals surface area contributed by atoms with Gasteiger partial charge in [-0.2, -0.15) is 5.48 Å². The number of benzene rings is 1. The number of hydroxylamine groups is 1. The van der Waals surface area contributed by atoms with Gasteiger partial charge in [-0.1, -0.05) is 17.7 Å². The maximum atomic E-state index is 13.3. The lowest BCUT2D eigenvalue weighted by atomic mass is 9.99. The Morgan fingerprint density at radius 1 is 1.22 bits per heavy atom. The van der Waals surface area contributed by atoms with E-state index in [1.165, 1.54) is 13.4 Å². The van der Waals surface area contributed by atoms with Crippen LogP contribution in [0, 0.1) is 13.8 Å². The summed E-state index contributed by atoms with van der Waals surface area (Å²) in [6.45, 7) is 5.81. The van der Waals surface area contributed by atoms with Crippen molar-refractivity contribution in [1.29, 1.82) is 0 Å². The molecule has 0 spiro atoms. The Kier molecular flexibility index (Phi) is 7.25. The lowest BCUT2D eigenvalue weighted by Gasteiger charge is -2.20. The van der Waals surface area contributed by atoms with Gasteiger partial charge in [-0.3, -0.25) is 14.6 Å². The molecular weight excluding hydrogens is 484 g/mol. The van der Waals surface area contributed by atoms with Crippen molar-refractivity contribution < 1.29 is 14.0 Å². The molecule has 4 rings (SSSR count). The van der Waals surface area contributed by atoms with Gasteiger partial charge in [0.1, 0.15) is 28.5 Å². The molecule has 2 N–H and O–H groups in total. The summed E-state index contributed by atoms with van der Waals surface area (Å²) in [5.74, 6) is 0.608. The van der Waals surface area contributed by atoms with Gasteiger partial charge in [-0.15, -0.1) is 0 Å². The van der Waals surface area contributed by atoms with E-state index in [1.54, 1.807) is 31.5 Å². The number of fused-ring (bicyclic) bond motifs is 1. The highest BCUT2D eigenvalue weighted by atomic mass is 35.5. The highest BCUT2D eigenvalue weighted by Gasteiger charge is 2.21. The molecule has 0 aliphatic carbocycles. The van der Waals surface area contributed by atoms with Gasteiger partial charge in [0, 0.05) is 30.6 Å². The quantitative estimate of drug-likeness (QED) is 0.125. The first kappa shape index (κ1) is 24.8. The van der Waals surface area contributed by atoms with Gasteiger partial charge >= 0.3 is 6.47 Å². The van der Waals surface area contributed by atoms with Crippen molar-refractivity contribution in [3.05, 3.63) is 80.7 Å². The number of aryl methyl sites for hydroxylation is 1. The van der Waals surface area contributed by atoms with Crippen LogP contribution in [-0.4, -0.2) is 34.3 Å². The van der Waals surface area contributed by atoms with E-state index in [2.05, 4.69) is 35.6 Å². The van der Waals surface area contributed by atoms with Crippen LogP contribution in [0.5, 0.6) is 0 Å². The Hall–Kier alpha value is -4.31. The topological polar surface area (TPSA) is 132 Å². The number of pyridine rings is 1. The Morgan fingerprint density at radius 2 is 1.97 bits per heavy atom. The van der Waals surface area contributed by atoms with Crippen molar-refractivity contribution in [2.75, 3.05) is 12.4 Å². The maximum absolute atomic E-state index is 13.3. The molecule has 1 aromatic carbocycles. The van der Waals surface area contributed by atoms with Gasteiger partial charge in [0.15, 0.2) is 11.3 Å². The summed E-state index contributed by atoms with van der Waals surface area (Å²) in [5, 5.41) is 4.09. The van der Waals surface area contributed by atoms with Crippen LogP contribution in [0.25, 0.3) is 22.3 Å². The van der Waals surface area contributed by atoms with Crippen LogP contribution in [0.2, 0.25) is 5.15 Å². The van der Waals surface area contributed by atoms with Crippen LogP contribution in [0.4, 0.5) is 5.69 Å². The Morgan fingerprint density at radius 3 is 2.67 bits per heavy atom. The van der Waals surface area contributed by atoms with Gasteiger partial charge in [0.2, 0.25) is 0 Å². The number of hydrogen-bond donors (Lipinski definition) is 2. The molecule has 36 heavy (non-hydrogen) atoms. The summed E-state index contributed by atoms with van der Waals surface area (Å²) in [7, 11) is 1.52. The molecule has 4 aromatic rings. The average Bonchev–Trinajstić information content (AvgIpc) is 2.88. The van der Waals surface area contributed by atoms with Crippen molar-refractivity contribution in [2.45, 2.75) is 26.8 Å². The number of halogens is 1. The van der Waals surface area contributed by atoms with Crippen molar-refractivity contribution in [2.24, 2.45) is 4.99 Å². The average molecular weight is 507 g/mol. The summed E-state index contributed by atoms with van der Waals surface area (Å²) in [6.07, 6.45) is 4.62. The van der Waals surface area contributed by atoms with Gasteiger partial charge in [0.05, 0.1) is 22.7 Å². The first-order valence-corrected chi connectivity index (χ1v) is 11.3. The molecule has 3 aromatic heterocycles. The molecule has 0 bridgehead atoms. The Labute approximate surface area is 211 Å².